The SMILES string of the molecule is Cc1ccc(CNC(=O)CCNc2ccc3c(c2)OCCO3)cc1. The second-order valence-electron chi connectivity index (χ2n) is 5.80. The molecule has 0 radical (unpaired) electrons. The monoisotopic (exact) mass is 326 g/mol. The van der Waals surface area contributed by atoms with E-state index in [1.54, 1.807) is 0 Å². The predicted octanol–water partition coefficient (Wildman–Crippen LogP) is 2.88. The average molecular weight is 326 g/mol. The first-order chi connectivity index (χ1) is 11.7. The summed E-state index contributed by atoms with van der Waals surface area (Å²) in [6.07, 6.45) is 0.417. The van der Waals surface area contributed by atoms with Gasteiger partial charge in [0.2, 0.25) is 5.91 Å². The Balaban J connectivity index is 1.41. The van der Waals surface area contributed by atoms with Gasteiger partial charge in [0, 0.05) is 31.3 Å². The predicted molar refractivity (Wildman–Crippen MR) is 93.6 cm³/mol. The van der Waals surface area contributed by atoms with E-state index >= 15 is 0 Å². The maximum absolute atomic E-state index is 11.9. The van der Waals surface area contributed by atoms with Crippen LogP contribution < -0.4 is 20.1 Å². The van der Waals surface area contributed by atoms with Gasteiger partial charge in [0.1, 0.15) is 13.2 Å². The molecule has 24 heavy (non-hydrogen) atoms. The summed E-state index contributed by atoms with van der Waals surface area (Å²) in [5.74, 6) is 1.54. The number of amides is 1. The van der Waals surface area contributed by atoms with Crippen molar-refractivity contribution in [1.29, 1.82) is 0 Å². The zero-order chi connectivity index (χ0) is 16.8. The molecule has 2 aromatic rings. The summed E-state index contributed by atoms with van der Waals surface area (Å²) in [5.41, 5.74) is 3.24. The molecule has 0 unspecified atom stereocenters. The molecular weight excluding hydrogens is 304 g/mol. The summed E-state index contributed by atoms with van der Waals surface area (Å²) < 4.78 is 11.0. The Morgan fingerprint density at radius 1 is 1.04 bits per heavy atom. The van der Waals surface area contributed by atoms with Crippen molar-refractivity contribution < 1.29 is 14.3 Å². The summed E-state index contributed by atoms with van der Waals surface area (Å²) in [4.78, 5) is 11.9. The van der Waals surface area contributed by atoms with Crippen molar-refractivity contribution >= 4 is 11.6 Å². The number of carbonyl (C=O) groups is 1. The lowest BCUT2D eigenvalue weighted by molar-refractivity contribution is -0.121. The lowest BCUT2D eigenvalue weighted by atomic mass is 10.1. The summed E-state index contributed by atoms with van der Waals surface area (Å²) in [6.45, 7) is 4.33. The molecule has 0 spiro atoms. The smallest absolute Gasteiger partial charge is 0.222 e. The standard InChI is InChI=1S/C19H22N2O3/c1-14-2-4-15(5-3-14)13-21-19(22)8-9-20-16-6-7-17-18(12-16)24-11-10-23-17/h2-7,12,20H,8-11,13H2,1H3,(H,21,22). The fourth-order valence-corrected chi connectivity index (χ4v) is 2.47. The molecular formula is C19H22N2O3. The zero-order valence-corrected chi connectivity index (χ0v) is 13.8. The van der Waals surface area contributed by atoms with Crippen molar-refractivity contribution in [3.8, 4) is 11.5 Å². The van der Waals surface area contributed by atoms with E-state index in [-0.39, 0.29) is 5.91 Å². The average Bonchev–Trinajstić information content (AvgIpc) is 2.61. The van der Waals surface area contributed by atoms with Gasteiger partial charge in [-0.15, -0.1) is 0 Å². The maximum Gasteiger partial charge on any atom is 0.222 e. The van der Waals surface area contributed by atoms with E-state index in [4.69, 9.17) is 9.47 Å². The number of anilines is 1. The molecule has 3 rings (SSSR count). The molecule has 1 aliphatic heterocycles. The second-order valence-corrected chi connectivity index (χ2v) is 5.80. The van der Waals surface area contributed by atoms with E-state index in [1.807, 2.05) is 49.4 Å². The van der Waals surface area contributed by atoms with Gasteiger partial charge >= 0.3 is 0 Å². The lowest BCUT2D eigenvalue weighted by Gasteiger charge is -2.19. The van der Waals surface area contributed by atoms with Crippen LogP contribution in [0.25, 0.3) is 0 Å². The lowest BCUT2D eigenvalue weighted by Crippen LogP contribution is -2.24. The Bertz CT molecular complexity index is 698. The Morgan fingerprint density at radius 2 is 1.79 bits per heavy atom. The molecule has 0 aromatic heterocycles. The number of aryl methyl sites for hydroxylation is 1. The van der Waals surface area contributed by atoms with E-state index in [0.29, 0.717) is 32.7 Å². The van der Waals surface area contributed by atoms with E-state index in [1.165, 1.54) is 5.56 Å². The molecule has 1 amide bonds. The molecule has 2 N–H and O–H groups in total. The first-order valence-corrected chi connectivity index (χ1v) is 8.16. The first-order valence-electron chi connectivity index (χ1n) is 8.16. The molecule has 2 aromatic carbocycles. The minimum Gasteiger partial charge on any atom is -0.486 e. The normalized spacial score (nSPS) is 12.5. The molecule has 5 nitrogen and oxygen atoms in total. The summed E-state index contributed by atoms with van der Waals surface area (Å²) in [7, 11) is 0. The summed E-state index contributed by atoms with van der Waals surface area (Å²) in [5, 5.41) is 6.17. The van der Waals surface area contributed by atoms with Crippen LogP contribution in [0.4, 0.5) is 5.69 Å². The quantitative estimate of drug-likeness (QED) is 0.857. The van der Waals surface area contributed by atoms with Crippen molar-refractivity contribution in [3.63, 3.8) is 0 Å². The van der Waals surface area contributed by atoms with Gasteiger partial charge in [0.15, 0.2) is 11.5 Å². The van der Waals surface area contributed by atoms with Gasteiger partial charge in [-0.05, 0) is 24.6 Å². The van der Waals surface area contributed by atoms with Gasteiger partial charge in [0.05, 0.1) is 0 Å². The Labute approximate surface area is 142 Å². The molecule has 0 saturated heterocycles. The number of rotatable bonds is 6. The third-order valence-corrected chi connectivity index (χ3v) is 3.83. The highest BCUT2D eigenvalue weighted by molar-refractivity contribution is 5.76. The van der Waals surface area contributed by atoms with Crippen molar-refractivity contribution in [2.75, 3.05) is 25.1 Å². The van der Waals surface area contributed by atoms with Crippen molar-refractivity contribution in [3.05, 3.63) is 53.6 Å². The minimum absolute atomic E-state index is 0.0284. The molecule has 0 aliphatic carbocycles. The Hall–Kier alpha value is -2.69. The zero-order valence-electron chi connectivity index (χ0n) is 13.8. The number of benzene rings is 2. The van der Waals surface area contributed by atoms with Gasteiger partial charge in [-0.3, -0.25) is 4.79 Å². The first kappa shape index (κ1) is 16.2. The minimum atomic E-state index is 0.0284. The van der Waals surface area contributed by atoms with E-state index in [0.717, 1.165) is 22.7 Å². The molecule has 126 valence electrons. The number of nitrogens with one attached hydrogen (secondary N) is 2. The van der Waals surface area contributed by atoms with Gasteiger partial charge in [0.25, 0.3) is 0 Å². The topological polar surface area (TPSA) is 59.6 Å². The Kier molecular flexibility index (Phi) is 5.21. The van der Waals surface area contributed by atoms with Gasteiger partial charge in [-0.2, -0.15) is 0 Å². The van der Waals surface area contributed by atoms with E-state index in [2.05, 4.69) is 10.6 Å². The van der Waals surface area contributed by atoms with Crippen molar-refractivity contribution in [1.82, 2.24) is 5.32 Å². The van der Waals surface area contributed by atoms with Crippen LogP contribution in [0.1, 0.15) is 17.5 Å². The molecule has 0 bridgehead atoms. The largest absolute Gasteiger partial charge is 0.486 e. The third kappa shape index (κ3) is 4.41. The molecule has 0 atom stereocenters. The molecule has 1 heterocycles. The van der Waals surface area contributed by atoms with Crippen LogP contribution in [0.15, 0.2) is 42.5 Å². The van der Waals surface area contributed by atoms with Gasteiger partial charge in [-0.1, -0.05) is 29.8 Å². The number of hydrogen-bond acceptors (Lipinski definition) is 4. The number of hydrogen-bond donors (Lipinski definition) is 2. The maximum atomic E-state index is 11.9. The van der Waals surface area contributed by atoms with Crippen LogP contribution in [0.2, 0.25) is 0 Å². The van der Waals surface area contributed by atoms with Crippen LogP contribution in [0, 0.1) is 6.92 Å². The summed E-state index contributed by atoms with van der Waals surface area (Å²) in [6, 6.07) is 13.9. The number of carbonyl (C=O) groups excluding carboxylic acids is 1. The fourth-order valence-electron chi connectivity index (χ4n) is 2.47. The van der Waals surface area contributed by atoms with Gasteiger partial charge in [-0.25, -0.2) is 0 Å². The fraction of sp³-hybridized carbons (Fsp3) is 0.316. The molecule has 0 fully saturated rings. The highest BCUT2D eigenvalue weighted by Crippen LogP contribution is 2.32. The summed E-state index contributed by atoms with van der Waals surface area (Å²) >= 11 is 0. The third-order valence-electron chi connectivity index (χ3n) is 3.83. The highest BCUT2D eigenvalue weighted by Gasteiger charge is 2.11. The van der Waals surface area contributed by atoms with Crippen LogP contribution in [-0.2, 0) is 11.3 Å². The van der Waals surface area contributed by atoms with Crippen molar-refractivity contribution in [2.24, 2.45) is 0 Å². The Morgan fingerprint density at radius 3 is 2.58 bits per heavy atom. The highest BCUT2D eigenvalue weighted by atomic mass is 16.6. The van der Waals surface area contributed by atoms with E-state index in [9.17, 15) is 4.79 Å². The van der Waals surface area contributed by atoms with Crippen LogP contribution >= 0.6 is 0 Å². The number of ether oxygens (including phenoxy) is 2. The molecule has 1 aliphatic rings. The van der Waals surface area contributed by atoms with Crippen LogP contribution in [0.5, 0.6) is 11.5 Å². The van der Waals surface area contributed by atoms with Crippen LogP contribution in [-0.4, -0.2) is 25.7 Å². The van der Waals surface area contributed by atoms with Gasteiger partial charge < -0.3 is 20.1 Å². The van der Waals surface area contributed by atoms with Crippen molar-refractivity contribution in [2.45, 2.75) is 19.9 Å². The molecule has 5 heteroatoms. The molecule has 0 saturated carbocycles. The number of fused-ring (bicyclic) bond motifs is 1. The second kappa shape index (κ2) is 7.73. The van der Waals surface area contributed by atoms with E-state index < -0.39 is 0 Å². The van der Waals surface area contributed by atoms with Crippen LogP contribution in [0.3, 0.4) is 0 Å².